The van der Waals surface area contributed by atoms with Crippen molar-refractivity contribution in [1.82, 2.24) is 15.2 Å². The summed E-state index contributed by atoms with van der Waals surface area (Å²) in [6, 6.07) is 2.18. The van der Waals surface area contributed by atoms with E-state index < -0.39 is 12.6 Å². The monoisotopic (exact) mass is 309 g/mol. The van der Waals surface area contributed by atoms with Gasteiger partial charge in [0.2, 0.25) is 0 Å². The van der Waals surface area contributed by atoms with Gasteiger partial charge in [0.1, 0.15) is 11.6 Å². The number of nitrogens with zero attached hydrogens (tertiary/aromatic N) is 2. The number of rotatable bonds is 5. The molecular weight excluding hydrogens is 296 g/mol. The summed E-state index contributed by atoms with van der Waals surface area (Å²) >= 11 is 0. The van der Waals surface area contributed by atoms with Gasteiger partial charge in [-0.25, -0.2) is 9.78 Å². The van der Waals surface area contributed by atoms with Crippen molar-refractivity contribution in [3.63, 3.8) is 0 Å². The van der Waals surface area contributed by atoms with E-state index in [1.54, 1.807) is 6.20 Å². The van der Waals surface area contributed by atoms with Gasteiger partial charge in [-0.3, -0.25) is 10.4 Å². The van der Waals surface area contributed by atoms with E-state index in [1.807, 2.05) is 0 Å². The van der Waals surface area contributed by atoms with Crippen LogP contribution in [0, 0.1) is 0 Å². The van der Waals surface area contributed by atoms with Crippen molar-refractivity contribution in [3.8, 4) is 5.75 Å². The van der Waals surface area contributed by atoms with Crippen LogP contribution in [0.3, 0.4) is 0 Å². The molecule has 2 aromatic heterocycles. The Balaban J connectivity index is 1.58. The van der Waals surface area contributed by atoms with Crippen LogP contribution >= 0.6 is 0 Å². The van der Waals surface area contributed by atoms with Gasteiger partial charge in [0.05, 0.1) is 23.8 Å². The summed E-state index contributed by atoms with van der Waals surface area (Å²) in [5.41, 5.74) is 1.53. The van der Waals surface area contributed by atoms with Crippen LogP contribution in [0.5, 0.6) is 5.75 Å². The summed E-state index contributed by atoms with van der Waals surface area (Å²) in [6.45, 7) is -2.91. The fourth-order valence-electron chi connectivity index (χ4n) is 1.98. The molecule has 2 aromatic rings. The zero-order valence-corrected chi connectivity index (χ0v) is 11.3. The van der Waals surface area contributed by atoms with Crippen LogP contribution in [0.2, 0.25) is 0 Å². The topological polar surface area (TPSA) is 91.9 Å². The van der Waals surface area contributed by atoms with Crippen LogP contribution in [0.15, 0.2) is 24.5 Å². The number of carbonyl (C=O) groups excluding carboxylic acids is 1. The van der Waals surface area contributed by atoms with E-state index in [0.29, 0.717) is 11.6 Å². The maximum Gasteiger partial charge on any atom is 0.387 e. The summed E-state index contributed by atoms with van der Waals surface area (Å²) in [6.07, 6.45) is 4.80. The Bertz CT molecular complexity index is 655. The Morgan fingerprint density at radius 2 is 2.14 bits per heavy atom. The number of alkyl halides is 2. The number of ether oxygens (including phenoxy) is 1. The molecule has 1 saturated carbocycles. The van der Waals surface area contributed by atoms with Crippen molar-refractivity contribution in [2.45, 2.75) is 25.4 Å². The van der Waals surface area contributed by atoms with Gasteiger partial charge in [-0.05, 0) is 25.0 Å². The number of anilines is 2. The molecule has 0 saturated heterocycles. The van der Waals surface area contributed by atoms with Crippen LogP contribution in [0.1, 0.15) is 24.5 Å². The summed E-state index contributed by atoms with van der Waals surface area (Å²) in [4.78, 5) is 15.7. The highest BCUT2D eigenvalue weighted by Crippen LogP contribution is 2.42. The number of H-pyrrole nitrogens is 1. The Morgan fingerprint density at radius 1 is 1.32 bits per heavy atom. The predicted molar refractivity (Wildman–Crippen MR) is 74.1 cm³/mol. The van der Waals surface area contributed by atoms with Gasteiger partial charge in [-0.15, -0.1) is 0 Å². The molecule has 2 heterocycles. The van der Waals surface area contributed by atoms with E-state index in [0.717, 1.165) is 24.7 Å². The van der Waals surface area contributed by atoms with Gasteiger partial charge in [0.25, 0.3) is 0 Å². The largest absolute Gasteiger partial charge is 0.433 e. The number of aromatic amines is 1. The minimum Gasteiger partial charge on any atom is -0.433 e. The number of hydrogen-bond donors (Lipinski definition) is 3. The molecule has 116 valence electrons. The van der Waals surface area contributed by atoms with Crippen LogP contribution in [0.25, 0.3) is 0 Å². The van der Waals surface area contributed by atoms with Crippen molar-refractivity contribution in [2.75, 3.05) is 10.6 Å². The van der Waals surface area contributed by atoms with E-state index >= 15 is 0 Å². The number of pyridine rings is 1. The van der Waals surface area contributed by atoms with Crippen LogP contribution in [-0.4, -0.2) is 27.8 Å². The summed E-state index contributed by atoms with van der Waals surface area (Å²) < 4.78 is 28.2. The summed E-state index contributed by atoms with van der Waals surface area (Å²) in [5.74, 6) is 0.559. The number of hydrogen-bond acceptors (Lipinski definition) is 4. The van der Waals surface area contributed by atoms with Crippen molar-refractivity contribution in [1.29, 1.82) is 0 Å². The molecule has 2 amide bonds. The lowest BCUT2D eigenvalue weighted by Crippen LogP contribution is -2.20. The molecule has 0 bridgehead atoms. The molecule has 0 unspecified atom stereocenters. The molecular formula is C13H13F2N5O2. The number of carbonyl (C=O) groups is 1. The number of halogens is 2. The van der Waals surface area contributed by atoms with E-state index in [1.165, 1.54) is 12.1 Å². The quantitative estimate of drug-likeness (QED) is 0.792. The highest BCUT2D eigenvalue weighted by atomic mass is 19.3. The van der Waals surface area contributed by atoms with Crippen molar-refractivity contribution in [2.24, 2.45) is 0 Å². The molecule has 1 aliphatic rings. The van der Waals surface area contributed by atoms with E-state index in [-0.39, 0.29) is 11.6 Å². The van der Waals surface area contributed by atoms with Crippen molar-refractivity contribution >= 4 is 17.5 Å². The van der Waals surface area contributed by atoms with Gasteiger partial charge in [-0.1, -0.05) is 0 Å². The first-order chi connectivity index (χ1) is 10.6. The number of amides is 2. The summed E-state index contributed by atoms with van der Waals surface area (Å²) in [5, 5.41) is 12.0. The third kappa shape index (κ3) is 3.48. The molecule has 9 heteroatoms. The average Bonchev–Trinajstić information content (AvgIpc) is 3.21. The molecule has 0 aliphatic heterocycles. The lowest BCUT2D eigenvalue weighted by molar-refractivity contribution is -0.0500. The second-order valence-corrected chi connectivity index (χ2v) is 4.81. The zero-order chi connectivity index (χ0) is 15.5. The Morgan fingerprint density at radius 3 is 2.77 bits per heavy atom. The minimum absolute atomic E-state index is 0.0770. The van der Waals surface area contributed by atoms with E-state index in [4.69, 9.17) is 0 Å². The molecule has 0 atom stereocenters. The first kappa shape index (κ1) is 14.2. The number of urea groups is 1. The lowest BCUT2D eigenvalue weighted by Gasteiger charge is -2.08. The minimum atomic E-state index is -2.91. The molecule has 3 N–H and O–H groups in total. The average molecular weight is 309 g/mol. The molecule has 1 aliphatic carbocycles. The fourth-order valence-corrected chi connectivity index (χ4v) is 1.98. The SMILES string of the molecule is O=C(Nc1ccc(OC(F)F)cn1)Nc1cn[nH]c1C1CC1. The van der Waals surface area contributed by atoms with E-state index in [2.05, 4.69) is 30.6 Å². The van der Waals surface area contributed by atoms with Gasteiger partial charge in [-0.2, -0.15) is 13.9 Å². The van der Waals surface area contributed by atoms with Crippen molar-refractivity contribution in [3.05, 3.63) is 30.2 Å². The molecule has 0 spiro atoms. The van der Waals surface area contributed by atoms with Gasteiger partial charge in [0.15, 0.2) is 0 Å². The fraction of sp³-hybridized carbons (Fsp3) is 0.308. The van der Waals surface area contributed by atoms with Crippen LogP contribution in [0.4, 0.5) is 25.1 Å². The van der Waals surface area contributed by atoms with Crippen molar-refractivity contribution < 1.29 is 18.3 Å². The Labute approximate surface area is 124 Å². The standard InChI is InChI=1S/C13H13F2N5O2/c14-12(15)22-8-3-4-10(16-5-8)19-13(21)18-9-6-17-20-11(9)7-1-2-7/h3-7,12H,1-2H2,(H,17,20)(H2,16,18,19,21). The maximum atomic E-state index is 12.0. The van der Waals surface area contributed by atoms with Gasteiger partial charge >= 0.3 is 12.6 Å². The van der Waals surface area contributed by atoms with Crippen LogP contribution < -0.4 is 15.4 Å². The molecule has 22 heavy (non-hydrogen) atoms. The first-order valence-electron chi connectivity index (χ1n) is 6.64. The second-order valence-electron chi connectivity index (χ2n) is 4.81. The Hall–Kier alpha value is -2.71. The molecule has 0 radical (unpaired) electrons. The summed E-state index contributed by atoms with van der Waals surface area (Å²) in [7, 11) is 0. The third-order valence-corrected chi connectivity index (χ3v) is 3.11. The maximum absolute atomic E-state index is 12.0. The first-order valence-corrected chi connectivity index (χ1v) is 6.64. The normalized spacial score (nSPS) is 14.0. The molecule has 3 rings (SSSR count). The van der Waals surface area contributed by atoms with Gasteiger partial charge in [0, 0.05) is 5.92 Å². The predicted octanol–water partition coefficient (Wildman–Crippen LogP) is 2.93. The molecule has 1 fully saturated rings. The van der Waals surface area contributed by atoms with Crippen LogP contribution in [-0.2, 0) is 0 Å². The lowest BCUT2D eigenvalue weighted by atomic mass is 10.2. The smallest absolute Gasteiger partial charge is 0.387 e. The second kappa shape index (κ2) is 5.96. The molecule has 0 aromatic carbocycles. The zero-order valence-electron chi connectivity index (χ0n) is 11.3. The highest BCUT2D eigenvalue weighted by molar-refractivity contribution is 5.99. The number of aromatic nitrogens is 3. The highest BCUT2D eigenvalue weighted by Gasteiger charge is 2.28. The Kier molecular flexibility index (Phi) is 3.86. The van der Waals surface area contributed by atoms with Gasteiger partial charge < -0.3 is 10.1 Å². The van der Waals surface area contributed by atoms with E-state index in [9.17, 15) is 13.6 Å². The number of nitrogens with one attached hydrogen (secondary N) is 3. The third-order valence-electron chi connectivity index (χ3n) is 3.11. The molecule has 7 nitrogen and oxygen atoms in total.